The molecule has 2 atom stereocenters. The van der Waals surface area contributed by atoms with E-state index in [1.54, 1.807) is 0 Å². The lowest BCUT2D eigenvalue weighted by atomic mass is 9.83. The summed E-state index contributed by atoms with van der Waals surface area (Å²) in [7, 11) is 2.29. The van der Waals surface area contributed by atoms with Crippen LogP contribution in [0.4, 0.5) is 0 Å². The average Bonchev–Trinajstić information content (AvgIpc) is 2.79. The summed E-state index contributed by atoms with van der Waals surface area (Å²) in [5.41, 5.74) is 0. The van der Waals surface area contributed by atoms with Gasteiger partial charge in [-0.15, -0.1) is 0 Å². The molecule has 1 fully saturated rings. The van der Waals surface area contributed by atoms with Crippen molar-refractivity contribution in [3.8, 4) is 0 Å². The fourth-order valence-corrected chi connectivity index (χ4v) is 3.46. The second-order valence-electron chi connectivity index (χ2n) is 6.42. The van der Waals surface area contributed by atoms with Crippen LogP contribution in [0.1, 0.15) is 78.1 Å². The van der Waals surface area contributed by atoms with E-state index in [9.17, 15) is 0 Å². The van der Waals surface area contributed by atoms with Crippen LogP contribution in [-0.2, 0) is 0 Å². The predicted octanol–water partition coefficient (Wildman–Crippen LogP) is 5.11. The molecule has 0 aromatic rings. The summed E-state index contributed by atoms with van der Waals surface area (Å²) in [5, 5.41) is 0. The van der Waals surface area contributed by atoms with Gasteiger partial charge in [0.25, 0.3) is 0 Å². The first-order chi connectivity index (χ1) is 8.77. The van der Waals surface area contributed by atoms with Crippen LogP contribution in [0, 0.1) is 11.8 Å². The zero-order chi connectivity index (χ0) is 13.2. The first-order valence-electron chi connectivity index (χ1n) is 8.46. The van der Waals surface area contributed by atoms with Crippen molar-refractivity contribution in [2.45, 2.75) is 78.1 Å². The van der Waals surface area contributed by atoms with E-state index in [4.69, 9.17) is 0 Å². The van der Waals surface area contributed by atoms with Crippen LogP contribution in [0.15, 0.2) is 0 Å². The fourth-order valence-electron chi connectivity index (χ4n) is 3.46. The van der Waals surface area contributed by atoms with Crippen LogP contribution >= 0.6 is 0 Å². The lowest BCUT2D eigenvalue weighted by Crippen LogP contribution is -2.20. The van der Waals surface area contributed by atoms with Crippen molar-refractivity contribution >= 4 is 0 Å². The molecule has 0 aliphatic carbocycles. The summed E-state index contributed by atoms with van der Waals surface area (Å²) in [4.78, 5) is 2.53. The molecule has 2 unspecified atom stereocenters. The first-order valence-corrected chi connectivity index (χ1v) is 8.46. The van der Waals surface area contributed by atoms with Crippen molar-refractivity contribution in [1.29, 1.82) is 0 Å². The van der Waals surface area contributed by atoms with E-state index >= 15 is 0 Å². The van der Waals surface area contributed by atoms with Gasteiger partial charge in [-0.25, -0.2) is 0 Å². The molecule has 1 saturated heterocycles. The summed E-state index contributed by atoms with van der Waals surface area (Å²) in [6.45, 7) is 7.33. The molecular weight excluding hydrogens is 218 g/mol. The lowest BCUT2D eigenvalue weighted by molar-refractivity contribution is 0.274. The van der Waals surface area contributed by atoms with Gasteiger partial charge in [-0.3, -0.25) is 0 Å². The molecule has 0 bridgehead atoms. The standard InChI is InChI=1S/C17H35N/c1-4-6-8-10-12-16(11-9-7-5-2)17-13-14-18(3)15-17/h16-17H,4-15H2,1-3H3. The van der Waals surface area contributed by atoms with Crippen molar-refractivity contribution in [3.05, 3.63) is 0 Å². The Morgan fingerprint density at radius 3 is 2.11 bits per heavy atom. The van der Waals surface area contributed by atoms with E-state index < -0.39 is 0 Å². The Morgan fingerprint density at radius 2 is 1.56 bits per heavy atom. The van der Waals surface area contributed by atoms with E-state index in [1.165, 1.54) is 77.3 Å². The second-order valence-corrected chi connectivity index (χ2v) is 6.42. The highest BCUT2D eigenvalue weighted by Crippen LogP contribution is 2.31. The maximum atomic E-state index is 2.53. The molecule has 1 heteroatoms. The molecule has 1 aliphatic heterocycles. The minimum Gasteiger partial charge on any atom is -0.306 e. The smallest absolute Gasteiger partial charge is 0.000973 e. The molecule has 1 rings (SSSR count). The van der Waals surface area contributed by atoms with Crippen LogP contribution in [0.5, 0.6) is 0 Å². The quantitative estimate of drug-likeness (QED) is 0.489. The van der Waals surface area contributed by atoms with Crippen LogP contribution in [0.2, 0.25) is 0 Å². The van der Waals surface area contributed by atoms with Crippen molar-refractivity contribution in [3.63, 3.8) is 0 Å². The number of unbranched alkanes of at least 4 members (excludes halogenated alkanes) is 5. The Labute approximate surface area is 115 Å². The minimum atomic E-state index is 1.01. The first kappa shape index (κ1) is 16.0. The van der Waals surface area contributed by atoms with Crippen molar-refractivity contribution in [2.75, 3.05) is 20.1 Å². The largest absolute Gasteiger partial charge is 0.306 e. The number of nitrogens with zero attached hydrogens (tertiary/aromatic N) is 1. The lowest BCUT2D eigenvalue weighted by Gasteiger charge is -2.23. The molecule has 1 aliphatic rings. The summed E-state index contributed by atoms with van der Waals surface area (Å²) >= 11 is 0. The maximum Gasteiger partial charge on any atom is 0.000973 e. The molecule has 0 spiro atoms. The van der Waals surface area contributed by atoms with Gasteiger partial charge in [0, 0.05) is 6.54 Å². The molecule has 0 N–H and O–H groups in total. The monoisotopic (exact) mass is 253 g/mol. The topological polar surface area (TPSA) is 3.24 Å². The Balaban J connectivity index is 2.27. The van der Waals surface area contributed by atoms with Gasteiger partial charge in [0.05, 0.1) is 0 Å². The van der Waals surface area contributed by atoms with Crippen molar-refractivity contribution < 1.29 is 0 Å². The number of hydrogen-bond donors (Lipinski definition) is 0. The SMILES string of the molecule is CCCCCCC(CCCCC)C1CCN(C)C1. The van der Waals surface area contributed by atoms with E-state index in [2.05, 4.69) is 25.8 Å². The normalized spacial score (nSPS) is 22.5. The van der Waals surface area contributed by atoms with Gasteiger partial charge in [0.1, 0.15) is 0 Å². The van der Waals surface area contributed by atoms with E-state index in [0.29, 0.717) is 0 Å². The molecule has 18 heavy (non-hydrogen) atoms. The third-order valence-corrected chi connectivity index (χ3v) is 4.70. The molecule has 0 radical (unpaired) electrons. The van der Waals surface area contributed by atoms with Crippen LogP contribution in [0.25, 0.3) is 0 Å². The Bertz CT molecular complexity index is 190. The summed E-state index contributed by atoms with van der Waals surface area (Å²) < 4.78 is 0. The van der Waals surface area contributed by atoms with Gasteiger partial charge in [-0.1, -0.05) is 71.6 Å². The molecule has 0 aromatic heterocycles. The highest BCUT2D eigenvalue weighted by Gasteiger charge is 2.26. The molecule has 0 amide bonds. The van der Waals surface area contributed by atoms with Gasteiger partial charge in [0.15, 0.2) is 0 Å². The minimum absolute atomic E-state index is 1.01. The summed E-state index contributed by atoms with van der Waals surface area (Å²) in [6.07, 6.45) is 14.5. The van der Waals surface area contributed by atoms with Gasteiger partial charge in [-0.05, 0) is 31.8 Å². The Hall–Kier alpha value is -0.0400. The van der Waals surface area contributed by atoms with Gasteiger partial charge >= 0.3 is 0 Å². The van der Waals surface area contributed by atoms with E-state index in [-0.39, 0.29) is 0 Å². The molecule has 0 aromatic carbocycles. The van der Waals surface area contributed by atoms with Crippen molar-refractivity contribution in [1.82, 2.24) is 4.90 Å². The molecule has 0 saturated carbocycles. The van der Waals surface area contributed by atoms with Gasteiger partial charge in [-0.2, -0.15) is 0 Å². The molecule has 1 nitrogen and oxygen atoms in total. The van der Waals surface area contributed by atoms with Crippen LogP contribution in [-0.4, -0.2) is 25.0 Å². The van der Waals surface area contributed by atoms with Crippen molar-refractivity contribution in [2.24, 2.45) is 11.8 Å². The summed E-state index contributed by atoms with van der Waals surface area (Å²) in [5.74, 6) is 2.03. The fraction of sp³-hybridized carbons (Fsp3) is 1.00. The third-order valence-electron chi connectivity index (χ3n) is 4.70. The van der Waals surface area contributed by atoms with E-state index in [0.717, 1.165) is 11.8 Å². The molecule has 108 valence electrons. The molecular formula is C17H35N. The number of hydrogen-bond acceptors (Lipinski definition) is 1. The average molecular weight is 253 g/mol. The Morgan fingerprint density at radius 1 is 0.944 bits per heavy atom. The maximum absolute atomic E-state index is 2.53. The third kappa shape index (κ3) is 6.22. The van der Waals surface area contributed by atoms with E-state index in [1.807, 2.05) is 0 Å². The highest BCUT2D eigenvalue weighted by atomic mass is 15.1. The number of rotatable bonds is 10. The summed E-state index contributed by atoms with van der Waals surface area (Å²) in [6, 6.07) is 0. The zero-order valence-corrected chi connectivity index (χ0v) is 13.1. The zero-order valence-electron chi connectivity index (χ0n) is 13.1. The highest BCUT2D eigenvalue weighted by molar-refractivity contribution is 4.79. The molecule has 1 heterocycles. The van der Waals surface area contributed by atoms with Crippen LogP contribution in [0.3, 0.4) is 0 Å². The second kappa shape index (κ2) is 9.83. The van der Waals surface area contributed by atoms with Gasteiger partial charge in [0.2, 0.25) is 0 Å². The van der Waals surface area contributed by atoms with Gasteiger partial charge < -0.3 is 4.90 Å². The number of likely N-dealkylation sites (tertiary alicyclic amines) is 1. The predicted molar refractivity (Wildman–Crippen MR) is 82.0 cm³/mol. The Kier molecular flexibility index (Phi) is 8.75. The van der Waals surface area contributed by atoms with Crippen LogP contribution < -0.4 is 0 Å².